The number of amides is 1. The van der Waals surface area contributed by atoms with Crippen molar-refractivity contribution in [2.75, 3.05) is 11.9 Å². The highest BCUT2D eigenvalue weighted by atomic mass is 32.1. The number of carbonyl (C=O) groups is 1. The number of ether oxygens (including phenoxy) is 1. The zero-order valence-corrected chi connectivity index (χ0v) is 15.4. The lowest BCUT2D eigenvalue weighted by Gasteiger charge is -2.06. The molecule has 0 unspecified atom stereocenters. The van der Waals surface area contributed by atoms with Crippen molar-refractivity contribution in [2.45, 2.75) is 13.3 Å². The molecule has 0 bridgehead atoms. The summed E-state index contributed by atoms with van der Waals surface area (Å²) < 4.78 is 5.46. The Kier molecular flexibility index (Phi) is 5.77. The van der Waals surface area contributed by atoms with Crippen LogP contribution in [0, 0.1) is 10.1 Å². The first-order valence-corrected chi connectivity index (χ1v) is 9.15. The van der Waals surface area contributed by atoms with Crippen LogP contribution in [-0.2, 0) is 11.2 Å². The number of hydrogen-bond acceptors (Lipinski definition) is 6. The van der Waals surface area contributed by atoms with Gasteiger partial charge in [-0.1, -0.05) is 31.2 Å². The van der Waals surface area contributed by atoms with Gasteiger partial charge in [0.05, 0.1) is 10.6 Å². The minimum atomic E-state index is -0.455. The van der Waals surface area contributed by atoms with E-state index in [0.29, 0.717) is 22.1 Å². The second-order valence-corrected chi connectivity index (χ2v) is 6.54. The number of aromatic nitrogens is 1. The van der Waals surface area contributed by atoms with E-state index in [2.05, 4.69) is 17.2 Å². The van der Waals surface area contributed by atoms with Gasteiger partial charge in [-0.2, -0.15) is 0 Å². The second kappa shape index (κ2) is 8.41. The van der Waals surface area contributed by atoms with Crippen LogP contribution in [0.2, 0.25) is 0 Å². The van der Waals surface area contributed by atoms with Crippen molar-refractivity contribution in [3.05, 3.63) is 69.6 Å². The molecule has 0 spiro atoms. The number of aryl methyl sites for hydroxylation is 1. The van der Waals surface area contributed by atoms with E-state index in [9.17, 15) is 14.9 Å². The van der Waals surface area contributed by atoms with Crippen LogP contribution in [0.25, 0.3) is 11.3 Å². The SMILES string of the molecule is CCc1ccc(OCC(=O)Nc2nc(-c3cccc([N+](=O)[O-])c3)cs2)cc1. The van der Waals surface area contributed by atoms with Crippen molar-refractivity contribution in [2.24, 2.45) is 0 Å². The summed E-state index contributed by atoms with van der Waals surface area (Å²) in [4.78, 5) is 26.8. The molecule has 0 atom stereocenters. The third-order valence-corrected chi connectivity index (χ3v) is 4.56. The van der Waals surface area contributed by atoms with Gasteiger partial charge in [-0.05, 0) is 24.1 Å². The summed E-state index contributed by atoms with van der Waals surface area (Å²) in [6, 6.07) is 13.8. The zero-order valence-electron chi connectivity index (χ0n) is 14.5. The molecule has 0 saturated heterocycles. The number of thiazole rings is 1. The molecule has 0 radical (unpaired) electrons. The number of anilines is 1. The molecule has 7 nitrogen and oxygen atoms in total. The fraction of sp³-hybridized carbons (Fsp3) is 0.158. The summed E-state index contributed by atoms with van der Waals surface area (Å²) in [5.74, 6) is 0.299. The highest BCUT2D eigenvalue weighted by Gasteiger charge is 2.12. The Morgan fingerprint density at radius 2 is 2.04 bits per heavy atom. The van der Waals surface area contributed by atoms with Crippen molar-refractivity contribution in [1.82, 2.24) is 4.98 Å². The number of benzene rings is 2. The molecule has 0 saturated carbocycles. The first-order valence-electron chi connectivity index (χ1n) is 8.27. The summed E-state index contributed by atoms with van der Waals surface area (Å²) in [6.07, 6.45) is 0.942. The van der Waals surface area contributed by atoms with Crippen LogP contribution in [0.15, 0.2) is 53.9 Å². The molecule has 0 aliphatic heterocycles. The average molecular weight is 383 g/mol. The number of nitrogens with zero attached hydrogens (tertiary/aromatic N) is 2. The molecule has 3 rings (SSSR count). The fourth-order valence-electron chi connectivity index (χ4n) is 2.37. The van der Waals surface area contributed by atoms with E-state index in [1.807, 2.05) is 24.3 Å². The van der Waals surface area contributed by atoms with E-state index in [1.165, 1.54) is 29.0 Å². The Bertz CT molecular complexity index is 954. The van der Waals surface area contributed by atoms with Gasteiger partial charge < -0.3 is 4.74 Å². The van der Waals surface area contributed by atoms with Crippen LogP contribution in [0.1, 0.15) is 12.5 Å². The largest absolute Gasteiger partial charge is 0.484 e. The van der Waals surface area contributed by atoms with Gasteiger partial charge in [0.1, 0.15) is 5.75 Å². The monoisotopic (exact) mass is 383 g/mol. The van der Waals surface area contributed by atoms with Gasteiger partial charge in [0.25, 0.3) is 11.6 Å². The topological polar surface area (TPSA) is 94.4 Å². The summed E-state index contributed by atoms with van der Waals surface area (Å²) in [7, 11) is 0. The predicted molar refractivity (Wildman–Crippen MR) is 104 cm³/mol. The van der Waals surface area contributed by atoms with Crippen LogP contribution in [-0.4, -0.2) is 22.4 Å². The highest BCUT2D eigenvalue weighted by Crippen LogP contribution is 2.27. The van der Waals surface area contributed by atoms with Gasteiger partial charge in [-0.15, -0.1) is 11.3 Å². The molecule has 1 aromatic heterocycles. The van der Waals surface area contributed by atoms with Crippen molar-refractivity contribution < 1.29 is 14.5 Å². The van der Waals surface area contributed by atoms with Crippen molar-refractivity contribution in [3.8, 4) is 17.0 Å². The first kappa shape index (κ1) is 18.5. The maximum absolute atomic E-state index is 12.0. The zero-order chi connectivity index (χ0) is 19.2. The summed E-state index contributed by atoms with van der Waals surface area (Å²) in [6.45, 7) is 1.94. The second-order valence-electron chi connectivity index (χ2n) is 5.68. The van der Waals surface area contributed by atoms with Gasteiger partial charge >= 0.3 is 0 Å². The number of nitrogens with one attached hydrogen (secondary N) is 1. The Labute approximate surface area is 159 Å². The number of carbonyl (C=O) groups excluding carboxylic acids is 1. The summed E-state index contributed by atoms with van der Waals surface area (Å²) >= 11 is 1.25. The lowest BCUT2D eigenvalue weighted by Crippen LogP contribution is -2.20. The molecule has 3 aromatic rings. The molecule has 2 aromatic carbocycles. The van der Waals surface area contributed by atoms with Crippen molar-refractivity contribution in [3.63, 3.8) is 0 Å². The quantitative estimate of drug-likeness (QED) is 0.485. The third kappa shape index (κ3) is 4.89. The van der Waals surface area contributed by atoms with E-state index < -0.39 is 4.92 Å². The Hall–Kier alpha value is -3.26. The predicted octanol–water partition coefficient (Wildman–Crippen LogP) is 4.30. The molecule has 0 aliphatic carbocycles. The Balaban J connectivity index is 1.59. The Morgan fingerprint density at radius 1 is 1.26 bits per heavy atom. The normalized spacial score (nSPS) is 10.4. The first-order chi connectivity index (χ1) is 13.0. The molecule has 138 valence electrons. The lowest BCUT2D eigenvalue weighted by molar-refractivity contribution is -0.384. The number of nitro groups is 1. The van der Waals surface area contributed by atoms with E-state index >= 15 is 0 Å². The van der Waals surface area contributed by atoms with Gasteiger partial charge in [-0.25, -0.2) is 4.98 Å². The molecular weight excluding hydrogens is 366 g/mol. The number of nitro benzene ring substituents is 1. The minimum absolute atomic E-state index is 0.00595. The van der Waals surface area contributed by atoms with Crippen molar-refractivity contribution >= 4 is 28.1 Å². The van der Waals surface area contributed by atoms with Crippen LogP contribution < -0.4 is 10.1 Å². The van der Waals surface area contributed by atoms with Crippen LogP contribution >= 0.6 is 11.3 Å². The molecule has 0 fully saturated rings. The number of hydrogen-bond donors (Lipinski definition) is 1. The van der Waals surface area contributed by atoms with Gasteiger partial charge in [0.15, 0.2) is 11.7 Å². The number of non-ortho nitro benzene ring substituents is 1. The molecule has 0 aliphatic rings. The summed E-state index contributed by atoms with van der Waals surface area (Å²) in [5, 5.41) is 15.7. The van der Waals surface area contributed by atoms with E-state index in [4.69, 9.17) is 4.74 Å². The van der Waals surface area contributed by atoms with Gasteiger partial charge in [0.2, 0.25) is 0 Å². The van der Waals surface area contributed by atoms with Crippen LogP contribution in [0.5, 0.6) is 5.75 Å². The fourth-order valence-corrected chi connectivity index (χ4v) is 3.10. The number of rotatable bonds is 7. The standard InChI is InChI=1S/C19H17N3O4S/c1-2-13-6-8-16(9-7-13)26-11-18(23)21-19-20-17(12-27-19)14-4-3-5-15(10-14)22(24)25/h3-10,12H,2,11H2,1H3,(H,20,21,23). The van der Waals surface area contributed by atoms with Crippen molar-refractivity contribution in [1.29, 1.82) is 0 Å². The molecule has 27 heavy (non-hydrogen) atoms. The third-order valence-electron chi connectivity index (χ3n) is 3.80. The lowest BCUT2D eigenvalue weighted by atomic mass is 10.1. The smallest absolute Gasteiger partial charge is 0.270 e. The van der Waals surface area contributed by atoms with Crippen LogP contribution in [0.3, 0.4) is 0 Å². The van der Waals surface area contributed by atoms with Gasteiger partial charge in [-0.3, -0.25) is 20.2 Å². The van der Waals surface area contributed by atoms with Gasteiger partial charge in [0, 0.05) is 23.1 Å². The molecule has 1 amide bonds. The Morgan fingerprint density at radius 3 is 2.74 bits per heavy atom. The van der Waals surface area contributed by atoms with E-state index in [0.717, 1.165) is 6.42 Å². The highest BCUT2D eigenvalue weighted by molar-refractivity contribution is 7.14. The minimum Gasteiger partial charge on any atom is -0.484 e. The maximum atomic E-state index is 12.0. The van der Waals surface area contributed by atoms with E-state index in [-0.39, 0.29) is 18.2 Å². The molecule has 1 heterocycles. The molecule has 8 heteroatoms. The average Bonchev–Trinajstić information content (AvgIpc) is 3.15. The van der Waals surface area contributed by atoms with E-state index in [1.54, 1.807) is 17.5 Å². The molecule has 1 N–H and O–H groups in total. The summed E-state index contributed by atoms with van der Waals surface area (Å²) in [5.41, 5.74) is 2.38. The van der Waals surface area contributed by atoms with Crippen LogP contribution in [0.4, 0.5) is 10.8 Å². The maximum Gasteiger partial charge on any atom is 0.270 e. The molecular formula is C19H17N3O4S.